The molecule has 3 nitrogen and oxygen atoms in total. The first-order valence-electron chi connectivity index (χ1n) is 6.69. The van der Waals surface area contributed by atoms with Crippen molar-refractivity contribution in [1.82, 2.24) is 4.90 Å². The summed E-state index contributed by atoms with van der Waals surface area (Å²) in [6, 6.07) is 3.42. The van der Waals surface area contributed by atoms with Gasteiger partial charge in [0.15, 0.2) is 0 Å². The van der Waals surface area contributed by atoms with Crippen LogP contribution in [0.15, 0.2) is 11.4 Å². The number of hydrogen-bond donors (Lipinski definition) is 0. The Hall–Kier alpha value is -0.580. The van der Waals surface area contributed by atoms with Crippen LogP contribution in [0.5, 0.6) is 0 Å². The molecule has 3 aliphatic heterocycles. The summed E-state index contributed by atoms with van der Waals surface area (Å²) in [5.74, 6) is 0.471. The molecule has 2 saturated heterocycles. The molecule has 0 spiro atoms. The summed E-state index contributed by atoms with van der Waals surface area (Å²) in [6.45, 7) is 1.10. The molecule has 0 amide bonds. The molecule has 0 aliphatic carbocycles. The second kappa shape index (κ2) is 4.76. The zero-order chi connectivity index (χ0) is 12.3. The second-order valence-electron chi connectivity index (χ2n) is 5.67. The standard InChI is InChI=1S/C14H17NO2S.ClH/c1-17-14(16)10-6-9-2-3-11-12(10)13-8(4-5-18-13)7-15(9)11;/h4-5,9-12H,2-3,6-7H2,1H3;1H/t9-,10+,11-,12+;/m1./s1. The van der Waals surface area contributed by atoms with Crippen LogP contribution in [0.4, 0.5) is 0 Å². The number of thiophene rings is 1. The number of fused-ring (bicyclic) bond motifs is 2. The van der Waals surface area contributed by atoms with Gasteiger partial charge in [0.25, 0.3) is 0 Å². The summed E-state index contributed by atoms with van der Waals surface area (Å²) >= 11 is 1.83. The van der Waals surface area contributed by atoms with E-state index in [0.29, 0.717) is 18.0 Å². The predicted molar refractivity (Wildman–Crippen MR) is 76.8 cm³/mol. The minimum atomic E-state index is -0.00204. The lowest BCUT2D eigenvalue weighted by atomic mass is 9.75. The summed E-state index contributed by atoms with van der Waals surface area (Å²) in [7, 11) is 1.52. The van der Waals surface area contributed by atoms with Crippen LogP contribution in [0.25, 0.3) is 0 Å². The molecule has 2 fully saturated rings. The zero-order valence-corrected chi connectivity index (χ0v) is 12.5. The molecular weight excluding hydrogens is 282 g/mol. The third kappa shape index (κ3) is 1.77. The number of nitrogens with zero attached hydrogens (tertiary/aromatic N) is 1. The molecule has 3 aliphatic rings. The van der Waals surface area contributed by atoms with E-state index in [0.717, 1.165) is 13.0 Å². The number of hydrogen-bond acceptors (Lipinski definition) is 4. The van der Waals surface area contributed by atoms with E-state index in [-0.39, 0.29) is 24.3 Å². The van der Waals surface area contributed by atoms with Crippen molar-refractivity contribution in [3.63, 3.8) is 0 Å². The molecule has 0 saturated carbocycles. The minimum absolute atomic E-state index is 0. The Labute approximate surface area is 123 Å². The summed E-state index contributed by atoms with van der Waals surface area (Å²) in [5.41, 5.74) is 1.45. The van der Waals surface area contributed by atoms with Gasteiger partial charge in [0, 0.05) is 29.4 Å². The molecule has 4 rings (SSSR count). The SMILES string of the molecule is COC(=O)[C@H]1C[C@H]2CC[C@@H]3[C@H]1c1sccc1CN23.Cl. The third-order valence-electron chi connectivity index (χ3n) is 5.01. The van der Waals surface area contributed by atoms with Crippen LogP contribution in [0, 0.1) is 5.92 Å². The molecule has 1 unspecified atom stereocenters. The first-order valence-corrected chi connectivity index (χ1v) is 7.57. The molecule has 0 aromatic carbocycles. The number of ether oxygens (including phenoxy) is 1. The molecule has 4 heterocycles. The van der Waals surface area contributed by atoms with Gasteiger partial charge in [-0.1, -0.05) is 0 Å². The van der Waals surface area contributed by atoms with E-state index in [1.54, 1.807) is 0 Å². The Bertz CT molecular complexity index is 503. The minimum Gasteiger partial charge on any atom is -0.469 e. The Kier molecular flexibility index (Phi) is 3.36. The lowest BCUT2D eigenvalue weighted by Crippen LogP contribution is -2.51. The topological polar surface area (TPSA) is 29.5 Å². The van der Waals surface area contributed by atoms with E-state index in [2.05, 4.69) is 16.3 Å². The molecule has 1 aromatic rings. The Balaban J connectivity index is 0.00000110. The van der Waals surface area contributed by atoms with Crippen molar-refractivity contribution >= 4 is 29.7 Å². The molecule has 5 heteroatoms. The van der Waals surface area contributed by atoms with E-state index in [1.165, 1.54) is 30.4 Å². The summed E-state index contributed by atoms with van der Waals surface area (Å²) < 4.78 is 5.04. The van der Waals surface area contributed by atoms with Gasteiger partial charge >= 0.3 is 5.97 Å². The Morgan fingerprint density at radius 3 is 3.11 bits per heavy atom. The van der Waals surface area contributed by atoms with E-state index in [1.807, 2.05) is 11.3 Å². The maximum Gasteiger partial charge on any atom is 0.309 e. The smallest absolute Gasteiger partial charge is 0.309 e. The van der Waals surface area contributed by atoms with Crippen molar-refractivity contribution in [2.75, 3.05) is 7.11 Å². The Morgan fingerprint density at radius 1 is 1.47 bits per heavy atom. The van der Waals surface area contributed by atoms with E-state index in [4.69, 9.17) is 4.74 Å². The number of rotatable bonds is 1. The fraction of sp³-hybridized carbons (Fsp3) is 0.643. The van der Waals surface area contributed by atoms with Crippen molar-refractivity contribution in [2.45, 2.75) is 43.8 Å². The van der Waals surface area contributed by atoms with Crippen molar-refractivity contribution in [3.8, 4) is 0 Å². The number of esters is 1. The number of methoxy groups -OCH3 is 1. The summed E-state index contributed by atoms with van der Waals surface area (Å²) in [6.07, 6.45) is 3.49. The molecule has 0 N–H and O–H groups in total. The molecule has 104 valence electrons. The molecule has 4 bridgehead atoms. The number of carbonyl (C=O) groups excluding carboxylic acids is 1. The highest BCUT2D eigenvalue weighted by Gasteiger charge is 2.53. The van der Waals surface area contributed by atoms with Gasteiger partial charge in [0.05, 0.1) is 13.0 Å². The van der Waals surface area contributed by atoms with Gasteiger partial charge in [0.2, 0.25) is 0 Å². The van der Waals surface area contributed by atoms with E-state index in [9.17, 15) is 4.79 Å². The zero-order valence-electron chi connectivity index (χ0n) is 10.9. The Morgan fingerprint density at radius 2 is 2.32 bits per heavy atom. The van der Waals surface area contributed by atoms with Crippen LogP contribution in [-0.4, -0.2) is 30.1 Å². The van der Waals surface area contributed by atoms with Gasteiger partial charge in [-0.05, 0) is 36.3 Å². The quantitative estimate of drug-likeness (QED) is 0.747. The van der Waals surface area contributed by atoms with Crippen LogP contribution in [-0.2, 0) is 16.1 Å². The molecule has 0 radical (unpaired) electrons. The monoisotopic (exact) mass is 299 g/mol. The number of piperidine rings is 1. The normalized spacial score (nSPS) is 38.3. The lowest BCUT2D eigenvalue weighted by molar-refractivity contribution is -0.149. The highest BCUT2D eigenvalue weighted by atomic mass is 35.5. The van der Waals surface area contributed by atoms with Crippen molar-refractivity contribution in [3.05, 3.63) is 21.9 Å². The average Bonchev–Trinajstić information content (AvgIpc) is 2.94. The number of carbonyl (C=O) groups is 1. The van der Waals surface area contributed by atoms with Gasteiger partial charge in [-0.2, -0.15) is 0 Å². The van der Waals surface area contributed by atoms with Crippen molar-refractivity contribution in [2.24, 2.45) is 5.92 Å². The molecular formula is C14H18ClNO2S. The maximum atomic E-state index is 12.1. The third-order valence-corrected chi connectivity index (χ3v) is 6.07. The second-order valence-corrected chi connectivity index (χ2v) is 6.62. The highest BCUT2D eigenvalue weighted by molar-refractivity contribution is 7.10. The molecule has 5 atom stereocenters. The van der Waals surface area contributed by atoms with Gasteiger partial charge < -0.3 is 4.74 Å². The van der Waals surface area contributed by atoms with E-state index >= 15 is 0 Å². The fourth-order valence-corrected chi connectivity index (χ4v) is 5.42. The van der Waals surface area contributed by atoms with Crippen LogP contribution >= 0.6 is 23.7 Å². The van der Waals surface area contributed by atoms with Crippen molar-refractivity contribution in [1.29, 1.82) is 0 Å². The van der Waals surface area contributed by atoms with Crippen LogP contribution in [0.1, 0.15) is 35.6 Å². The van der Waals surface area contributed by atoms with Crippen LogP contribution < -0.4 is 0 Å². The van der Waals surface area contributed by atoms with Crippen LogP contribution in [0.3, 0.4) is 0 Å². The van der Waals surface area contributed by atoms with Gasteiger partial charge in [-0.25, -0.2) is 0 Å². The fourth-order valence-electron chi connectivity index (χ4n) is 4.28. The predicted octanol–water partition coefficient (Wildman–Crippen LogP) is 2.79. The maximum absolute atomic E-state index is 12.1. The van der Waals surface area contributed by atoms with Gasteiger partial charge in [-0.15, -0.1) is 23.7 Å². The van der Waals surface area contributed by atoms with E-state index < -0.39 is 0 Å². The first kappa shape index (κ1) is 13.4. The van der Waals surface area contributed by atoms with Gasteiger partial charge in [0.1, 0.15) is 0 Å². The molecule has 19 heavy (non-hydrogen) atoms. The number of halogens is 1. The van der Waals surface area contributed by atoms with Crippen molar-refractivity contribution < 1.29 is 9.53 Å². The van der Waals surface area contributed by atoms with Crippen LogP contribution in [0.2, 0.25) is 0 Å². The van der Waals surface area contributed by atoms with Gasteiger partial charge in [-0.3, -0.25) is 9.69 Å². The summed E-state index contributed by atoms with van der Waals surface area (Å²) in [5, 5.41) is 2.18. The lowest BCUT2D eigenvalue weighted by Gasteiger charge is -2.47. The largest absolute Gasteiger partial charge is 0.469 e. The average molecular weight is 300 g/mol. The summed E-state index contributed by atoms with van der Waals surface area (Å²) in [4.78, 5) is 16.2. The highest BCUT2D eigenvalue weighted by Crippen LogP contribution is 2.53. The molecule has 1 aromatic heterocycles. The first-order chi connectivity index (χ1) is 8.79.